The third kappa shape index (κ3) is 3.59. The van der Waals surface area contributed by atoms with Crippen molar-refractivity contribution in [3.8, 4) is 0 Å². The molecule has 14 heavy (non-hydrogen) atoms. The fraction of sp³-hybridized carbons (Fsp3) is 0.833. The molecule has 0 aromatic rings. The van der Waals surface area contributed by atoms with Crippen molar-refractivity contribution >= 4 is 26.2 Å². The number of hydrogen-bond acceptors (Lipinski definition) is 4. The topological polar surface area (TPSA) is 75.9 Å². The monoisotopic (exact) mass is 241 g/mol. The maximum Gasteiger partial charge on any atom is 0.346 e. The van der Waals surface area contributed by atoms with Crippen LogP contribution in [0.4, 0.5) is 0 Å². The summed E-state index contributed by atoms with van der Waals surface area (Å²) in [6.07, 6.45) is 0. The maximum absolute atomic E-state index is 12.1. The van der Waals surface area contributed by atoms with E-state index in [0.29, 0.717) is 0 Å². The van der Waals surface area contributed by atoms with Crippen LogP contribution in [0.5, 0.6) is 0 Å². The average molecular weight is 241 g/mol. The number of nitrogens with zero attached hydrogens (tertiary/aromatic N) is 2. The van der Waals surface area contributed by atoms with Gasteiger partial charge in [0.15, 0.2) is 0 Å². The number of hydrogen-bond donors (Lipinski definition) is 2. The highest BCUT2D eigenvalue weighted by Gasteiger charge is 2.32. The van der Waals surface area contributed by atoms with Crippen molar-refractivity contribution in [2.75, 3.05) is 33.6 Å². The fourth-order valence-corrected chi connectivity index (χ4v) is 2.87. The quantitative estimate of drug-likeness (QED) is 0.388. The molecule has 0 aromatic heterocycles. The largest absolute Gasteiger partial charge is 0.369 e. The van der Waals surface area contributed by atoms with Gasteiger partial charge in [0.2, 0.25) is 5.91 Å². The summed E-state index contributed by atoms with van der Waals surface area (Å²) in [6, 6.07) is 0. The lowest BCUT2D eigenvalue weighted by Gasteiger charge is -2.30. The maximum atomic E-state index is 12.1. The van der Waals surface area contributed by atoms with Gasteiger partial charge in [-0.15, -0.1) is 0 Å². The number of rotatable bonds is 6. The summed E-state index contributed by atoms with van der Waals surface area (Å²) in [4.78, 5) is 10.6. The zero-order chi connectivity index (χ0) is 11.4. The van der Waals surface area contributed by atoms with Crippen molar-refractivity contribution in [2.45, 2.75) is 0 Å². The normalized spacial score (nSPS) is 15.9. The molecule has 84 valence electrons. The van der Waals surface area contributed by atoms with Gasteiger partial charge in [0.05, 0.1) is 12.5 Å². The molecule has 0 aliphatic heterocycles. The second-order valence-electron chi connectivity index (χ2n) is 2.88. The average Bonchev–Trinajstić information content (AvgIpc) is 2.02. The summed E-state index contributed by atoms with van der Waals surface area (Å²) in [7, 11) is 1.56. The predicted octanol–water partition coefficient (Wildman–Crippen LogP) is -0.0229. The first kappa shape index (κ1) is 13.9. The summed E-state index contributed by atoms with van der Waals surface area (Å²) in [5.74, 6) is -0.546. The molecule has 0 rings (SSSR count). The molecule has 0 bridgehead atoms. The molecular weight excluding hydrogens is 225 g/mol. The van der Waals surface area contributed by atoms with Crippen LogP contribution in [-0.4, -0.2) is 48.9 Å². The molecule has 0 radical (unpaired) electrons. The minimum Gasteiger partial charge on any atom is -0.369 e. The first-order valence-electron chi connectivity index (χ1n) is 3.87. The molecule has 8 heteroatoms. The number of amides is 1. The Bertz CT molecular complexity index is 248. The van der Waals surface area contributed by atoms with Crippen molar-refractivity contribution in [1.82, 2.24) is 9.34 Å². The van der Waals surface area contributed by atoms with Gasteiger partial charge in [0.25, 0.3) is 0 Å². The Morgan fingerprint density at radius 1 is 1.50 bits per heavy atom. The summed E-state index contributed by atoms with van der Waals surface area (Å²) in [5, 5.41) is 0. The van der Waals surface area contributed by atoms with Gasteiger partial charge >= 0.3 is 7.67 Å². The Hall–Kier alpha value is -0.0700. The molecule has 1 atom stereocenters. The van der Waals surface area contributed by atoms with E-state index in [1.807, 2.05) is 0 Å². The first-order valence-corrected chi connectivity index (χ1v) is 6.04. The molecule has 0 aliphatic carbocycles. The van der Waals surface area contributed by atoms with E-state index >= 15 is 0 Å². The number of nitrogens with two attached hydrogens (primary N) is 1. The van der Waals surface area contributed by atoms with Crippen LogP contribution >= 0.6 is 20.3 Å². The Balaban J connectivity index is 4.64. The molecule has 0 aliphatic rings. The van der Waals surface area contributed by atoms with Crippen molar-refractivity contribution in [3.63, 3.8) is 0 Å². The second kappa shape index (κ2) is 5.72. The van der Waals surface area contributed by atoms with Gasteiger partial charge in [-0.05, 0) is 21.1 Å². The van der Waals surface area contributed by atoms with E-state index in [4.69, 9.17) is 10.3 Å². The van der Waals surface area contributed by atoms with Crippen LogP contribution in [-0.2, 0) is 13.9 Å². The van der Waals surface area contributed by atoms with Gasteiger partial charge < -0.3 is 5.73 Å². The van der Waals surface area contributed by atoms with Crippen LogP contribution in [0.2, 0.25) is 0 Å². The zero-order valence-corrected chi connectivity index (χ0v) is 10.3. The van der Waals surface area contributed by atoms with E-state index in [-0.39, 0.29) is 12.5 Å². The highest BCUT2D eigenvalue weighted by atomic mass is 32.1. The third-order valence-corrected chi connectivity index (χ3v) is 4.36. The summed E-state index contributed by atoms with van der Waals surface area (Å²) < 4.78 is 19.8. The van der Waals surface area contributed by atoms with Crippen LogP contribution in [0.1, 0.15) is 0 Å². The van der Waals surface area contributed by atoms with Crippen molar-refractivity contribution in [1.29, 1.82) is 0 Å². The van der Waals surface area contributed by atoms with Gasteiger partial charge in [0, 0.05) is 0 Å². The summed E-state index contributed by atoms with van der Waals surface area (Å²) in [6.45, 7) is -0.122. The number of carbonyl (C=O) groups is 1. The highest BCUT2D eigenvalue weighted by Crippen LogP contribution is 2.51. The SMILES string of the molecule is CN(C)P(=O)(OCS)N(C)CC(N)=O. The summed E-state index contributed by atoms with van der Waals surface area (Å²) in [5.41, 5.74) is 4.99. The molecule has 0 aromatic carbocycles. The molecule has 0 spiro atoms. The molecular formula is C6H16N3O3PS. The fourth-order valence-electron chi connectivity index (χ4n) is 0.910. The lowest BCUT2D eigenvalue weighted by Crippen LogP contribution is -2.33. The molecule has 1 unspecified atom stereocenters. The Labute approximate surface area is 89.3 Å². The van der Waals surface area contributed by atoms with Crippen LogP contribution in [0.25, 0.3) is 0 Å². The molecule has 0 saturated heterocycles. The lowest BCUT2D eigenvalue weighted by atomic mass is 10.6. The van der Waals surface area contributed by atoms with Gasteiger partial charge in [-0.25, -0.2) is 9.34 Å². The van der Waals surface area contributed by atoms with Crippen LogP contribution < -0.4 is 5.73 Å². The van der Waals surface area contributed by atoms with E-state index in [1.54, 1.807) is 14.1 Å². The molecule has 2 N–H and O–H groups in total. The third-order valence-electron chi connectivity index (χ3n) is 1.55. The van der Waals surface area contributed by atoms with Crippen LogP contribution in [0.15, 0.2) is 0 Å². The van der Waals surface area contributed by atoms with Gasteiger partial charge in [-0.1, -0.05) is 0 Å². The highest BCUT2D eigenvalue weighted by molar-refractivity contribution is 7.80. The number of primary amides is 1. The standard InChI is InChI=1S/C6H16N3O3PS/c1-8(2)13(11,12-5-14)9(3)4-6(7)10/h14H,4-5H2,1-3H3,(H2,7,10). The zero-order valence-electron chi connectivity index (χ0n) is 8.51. The predicted molar refractivity (Wildman–Crippen MR) is 58.1 cm³/mol. The first-order chi connectivity index (χ1) is 6.34. The number of likely N-dealkylation sites (N-methyl/N-ethyl adjacent to an activating group) is 1. The van der Waals surface area contributed by atoms with Gasteiger partial charge in [0.1, 0.15) is 0 Å². The molecule has 0 saturated carbocycles. The van der Waals surface area contributed by atoms with Crippen molar-refractivity contribution in [3.05, 3.63) is 0 Å². The van der Waals surface area contributed by atoms with Crippen LogP contribution in [0, 0.1) is 0 Å². The number of carbonyl (C=O) groups excluding carboxylic acids is 1. The van der Waals surface area contributed by atoms with E-state index in [9.17, 15) is 9.36 Å². The van der Waals surface area contributed by atoms with Crippen LogP contribution in [0.3, 0.4) is 0 Å². The Morgan fingerprint density at radius 2 is 2.00 bits per heavy atom. The second-order valence-corrected chi connectivity index (χ2v) is 5.86. The molecule has 0 fully saturated rings. The Morgan fingerprint density at radius 3 is 2.29 bits per heavy atom. The minimum absolute atomic E-state index is 0.0125. The van der Waals surface area contributed by atoms with E-state index in [2.05, 4.69) is 12.6 Å². The Kier molecular flexibility index (Phi) is 5.70. The summed E-state index contributed by atoms with van der Waals surface area (Å²) >= 11 is 3.83. The lowest BCUT2D eigenvalue weighted by molar-refractivity contribution is -0.118. The number of thiol groups is 1. The van der Waals surface area contributed by atoms with Crippen molar-refractivity contribution < 1.29 is 13.9 Å². The van der Waals surface area contributed by atoms with E-state index in [1.165, 1.54) is 16.4 Å². The smallest absolute Gasteiger partial charge is 0.346 e. The minimum atomic E-state index is -3.15. The molecule has 0 heterocycles. The molecule has 1 amide bonds. The van der Waals surface area contributed by atoms with E-state index in [0.717, 1.165) is 0 Å². The van der Waals surface area contributed by atoms with Gasteiger partial charge in [-0.3, -0.25) is 13.9 Å². The van der Waals surface area contributed by atoms with E-state index < -0.39 is 13.6 Å². The van der Waals surface area contributed by atoms with Crippen molar-refractivity contribution in [2.24, 2.45) is 5.73 Å². The molecule has 6 nitrogen and oxygen atoms in total. The van der Waals surface area contributed by atoms with Gasteiger partial charge in [-0.2, -0.15) is 12.6 Å².